The van der Waals surface area contributed by atoms with Crippen molar-refractivity contribution in [2.45, 2.75) is 6.92 Å². The molecule has 4 nitrogen and oxygen atoms in total. The molecule has 0 saturated carbocycles. The average Bonchev–Trinajstić information content (AvgIpc) is 2.17. The topological polar surface area (TPSA) is 66.9 Å². The normalized spacial score (nSPS) is 10.9. The van der Waals surface area contributed by atoms with Crippen LogP contribution in [0.1, 0.15) is 11.1 Å². The number of hydrogen-bond donors (Lipinski definition) is 0. The predicted molar refractivity (Wildman–Crippen MR) is 57.3 cm³/mol. The van der Waals surface area contributed by atoms with E-state index in [0.29, 0.717) is 11.1 Å². The molecule has 0 fully saturated rings. The summed E-state index contributed by atoms with van der Waals surface area (Å²) < 4.78 is 0. The lowest BCUT2D eigenvalue weighted by Crippen LogP contribution is -1.92. The van der Waals surface area contributed by atoms with E-state index in [4.69, 9.17) is 16.9 Å². The first-order valence-corrected chi connectivity index (χ1v) is 4.44. The van der Waals surface area contributed by atoms with Gasteiger partial charge >= 0.3 is 0 Å². The summed E-state index contributed by atoms with van der Waals surface area (Å²) >= 11 is 5.78. The number of nitro groups is 1. The van der Waals surface area contributed by atoms with Crippen LogP contribution in [0.25, 0.3) is 5.03 Å². The number of rotatable bonds is 2. The van der Waals surface area contributed by atoms with Crippen LogP contribution in [0.5, 0.6) is 0 Å². The molecule has 0 aliphatic carbocycles. The predicted octanol–water partition coefficient (Wildman–Crippen LogP) is 3.01. The first kappa shape index (κ1) is 11.2. The molecule has 1 rings (SSSR count). The molecule has 0 amide bonds. The van der Waals surface area contributed by atoms with Crippen LogP contribution in [0.15, 0.2) is 24.3 Å². The van der Waals surface area contributed by atoms with Crippen molar-refractivity contribution in [1.82, 2.24) is 0 Å². The van der Waals surface area contributed by atoms with E-state index in [-0.39, 0.29) is 10.7 Å². The monoisotopic (exact) mass is 222 g/mol. The number of aryl methyl sites for hydroxylation is 1. The number of hydrogen-bond acceptors (Lipinski definition) is 3. The van der Waals surface area contributed by atoms with Gasteiger partial charge in [-0.05, 0) is 24.6 Å². The molecule has 0 saturated heterocycles. The van der Waals surface area contributed by atoms with Crippen LogP contribution in [-0.4, -0.2) is 4.92 Å². The molecular weight excluding hydrogens is 216 g/mol. The zero-order valence-electron chi connectivity index (χ0n) is 7.90. The molecule has 15 heavy (non-hydrogen) atoms. The van der Waals surface area contributed by atoms with E-state index in [1.54, 1.807) is 19.1 Å². The van der Waals surface area contributed by atoms with Crippen LogP contribution < -0.4 is 0 Å². The SMILES string of the molecule is Cc1cc(/C(Cl)=C/C#N)ccc1[N+](=O)[O-]. The van der Waals surface area contributed by atoms with E-state index < -0.39 is 4.92 Å². The van der Waals surface area contributed by atoms with Gasteiger partial charge in [0.25, 0.3) is 5.69 Å². The van der Waals surface area contributed by atoms with Crippen LogP contribution in [0, 0.1) is 28.4 Å². The zero-order chi connectivity index (χ0) is 11.4. The fourth-order valence-electron chi connectivity index (χ4n) is 1.15. The maximum absolute atomic E-state index is 10.5. The second-order valence-electron chi connectivity index (χ2n) is 2.88. The van der Waals surface area contributed by atoms with Gasteiger partial charge in [0, 0.05) is 17.7 Å². The van der Waals surface area contributed by atoms with E-state index in [2.05, 4.69) is 0 Å². The molecule has 0 atom stereocenters. The third-order valence-corrected chi connectivity index (χ3v) is 2.19. The summed E-state index contributed by atoms with van der Waals surface area (Å²) in [5, 5.41) is 19.2. The Kier molecular flexibility index (Phi) is 3.42. The molecule has 0 aliphatic heterocycles. The van der Waals surface area contributed by atoms with Crippen molar-refractivity contribution in [3.8, 4) is 6.07 Å². The molecule has 0 unspecified atom stereocenters. The number of nitrogens with zero attached hydrogens (tertiary/aromatic N) is 2. The minimum Gasteiger partial charge on any atom is -0.258 e. The molecule has 1 aromatic rings. The van der Waals surface area contributed by atoms with Gasteiger partial charge in [-0.2, -0.15) is 5.26 Å². The van der Waals surface area contributed by atoms with E-state index in [1.165, 1.54) is 18.2 Å². The molecule has 0 bridgehead atoms. The number of halogens is 1. The fraction of sp³-hybridized carbons (Fsp3) is 0.100. The highest BCUT2D eigenvalue weighted by molar-refractivity contribution is 6.49. The zero-order valence-corrected chi connectivity index (χ0v) is 8.65. The van der Waals surface area contributed by atoms with Crippen molar-refractivity contribution in [2.24, 2.45) is 0 Å². The third-order valence-electron chi connectivity index (χ3n) is 1.86. The van der Waals surface area contributed by atoms with Gasteiger partial charge in [-0.3, -0.25) is 10.1 Å². The Bertz CT molecular complexity index is 475. The highest BCUT2D eigenvalue weighted by atomic mass is 35.5. The summed E-state index contributed by atoms with van der Waals surface area (Å²) in [5.41, 5.74) is 1.16. The van der Waals surface area contributed by atoms with Gasteiger partial charge < -0.3 is 0 Å². The smallest absolute Gasteiger partial charge is 0.258 e. The molecule has 0 radical (unpaired) electrons. The third kappa shape index (κ3) is 2.55. The van der Waals surface area contributed by atoms with Crippen LogP contribution in [0.3, 0.4) is 0 Å². The summed E-state index contributed by atoms with van der Waals surface area (Å²) in [4.78, 5) is 10.1. The van der Waals surface area contributed by atoms with Crippen molar-refractivity contribution in [3.05, 3.63) is 45.5 Å². The summed E-state index contributed by atoms with van der Waals surface area (Å²) in [6.07, 6.45) is 1.18. The summed E-state index contributed by atoms with van der Waals surface area (Å²) in [6.45, 7) is 1.62. The summed E-state index contributed by atoms with van der Waals surface area (Å²) in [5.74, 6) is 0. The Hall–Kier alpha value is -1.86. The molecule has 5 heteroatoms. The van der Waals surface area contributed by atoms with Gasteiger partial charge in [0.2, 0.25) is 0 Å². The van der Waals surface area contributed by atoms with Gasteiger partial charge in [-0.1, -0.05) is 11.6 Å². The molecule has 76 valence electrons. The van der Waals surface area contributed by atoms with Crippen LogP contribution in [-0.2, 0) is 0 Å². The molecule has 0 aromatic heterocycles. The van der Waals surface area contributed by atoms with Gasteiger partial charge in [0.15, 0.2) is 0 Å². The largest absolute Gasteiger partial charge is 0.272 e. The van der Waals surface area contributed by atoms with Crippen molar-refractivity contribution in [3.63, 3.8) is 0 Å². The van der Waals surface area contributed by atoms with E-state index in [0.717, 1.165) is 0 Å². The molecule has 1 aromatic carbocycles. The van der Waals surface area contributed by atoms with Crippen molar-refractivity contribution in [1.29, 1.82) is 5.26 Å². The maximum Gasteiger partial charge on any atom is 0.272 e. The Labute approximate surface area is 91.6 Å². The van der Waals surface area contributed by atoms with Gasteiger partial charge in [-0.15, -0.1) is 0 Å². The van der Waals surface area contributed by atoms with Crippen LogP contribution >= 0.6 is 11.6 Å². The van der Waals surface area contributed by atoms with Gasteiger partial charge in [-0.25, -0.2) is 0 Å². The first-order valence-electron chi connectivity index (χ1n) is 4.07. The molecule has 0 heterocycles. The number of nitriles is 1. The molecule has 0 spiro atoms. The Morgan fingerprint density at radius 2 is 2.33 bits per heavy atom. The highest BCUT2D eigenvalue weighted by Gasteiger charge is 2.10. The Morgan fingerprint density at radius 1 is 1.67 bits per heavy atom. The lowest BCUT2D eigenvalue weighted by Gasteiger charge is -2.00. The molecule has 0 aliphatic rings. The minimum absolute atomic E-state index is 0.0418. The standard InChI is InChI=1S/C10H7ClN2O2/c1-7-6-8(9(11)4-5-12)2-3-10(7)13(14)15/h2-4,6H,1H3/b9-4-. The highest BCUT2D eigenvalue weighted by Crippen LogP contribution is 2.24. The quantitative estimate of drug-likeness (QED) is 0.439. The second kappa shape index (κ2) is 4.58. The first-order chi connectivity index (χ1) is 7.06. The number of nitro benzene ring substituents is 1. The Morgan fingerprint density at radius 3 is 2.80 bits per heavy atom. The lowest BCUT2D eigenvalue weighted by molar-refractivity contribution is -0.385. The van der Waals surface area contributed by atoms with E-state index >= 15 is 0 Å². The minimum atomic E-state index is -0.457. The van der Waals surface area contributed by atoms with Gasteiger partial charge in [0.05, 0.1) is 16.0 Å². The van der Waals surface area contributed by atoms with Crippen LogP contribution in [0.4, 0.5) is 5.69 Å². The molecular formula is C10H7ClN2O2. The van der Waals surface area contributed by atoms with Crippen molar-refractivity contribution in [2.75, 3.05) is 0 Å². The van der Waals surface area contributed by atoms with Crippen LogP contribution in [0.2, 0.25) is 0 Å². The second-order valence-corrected chi connectivity index (χ2v) is 3.29. The number of benzene rings is 1. The summed E-state index contributed by atoms with van der Waals surface area (Å²) in [7, 11) is 0. The summed E-state index contributed by atoms with van der Waals surface area (Å²) in [6, 6.07) is 6.26. The van der Waals surface area contributed by atoms with Crippen molar-refractivity contribution >= 4 is 22.3 Å². The maximum atomic E-state index is 10.5. The Balaban J connectivity index is 3.19. The average molecular weight is 223 g/mol. The van der Waals surface area contributed by atoms with Crippen molar-refractivity contribution < 1.29 is 4.92 Å². The fourth-order valence-corrected chi connectivity index (χ4v) is 1.32. The van der Waals surface area contributed by atoms with E-state index in [1.807, 2.05) is 0 Å². The number of allylic oxidation sites excluding steroid dienone is 1. The lowest BCUT2D eigenvalue weighted by atomic mass is 10.1. The molecule has 0 N–H and O–H groups in total. The van der Waals surface area contributed by atoms with Gasteiger partial charge in [0.1, 0.15) is 0 Å². The van der Waals surface area contributed by atoms with E-state index in [9.17, 15) is 10.1 Å².